The fraction of sp³-hybridized carbons (Fsp3) is 0.471. The average molecular weight is 354 g/mol. The molecule has 0 aromatic heterocycles. The lowest BCUT2D eigenvalue weighted by Gasteiger charge is -2.27. The van der Waals surface area contributed by atoms with Crippen LogP contribution in [0.2, 0.25) is 0 Å². The van der Waals surface area contributed by atoms with E-state index in [4.69, 9.17) is 21.7 Å². The number of carbonyl (C=O) groups excluding carboxylic acids is 2. The Hall–Kier alpha value is -1.40. The van der Waals surface area contributed by atoms with Crippen molar-refractivity contribution in [2.45, 2.75) is 38.4 Å². The molecule has 1 rings (SSSR count). The number of hydrogen-bond acceptors (Lipinski definition) is 6. The number of thioether (sulfide) groups is 1. The lowest BCUT2D eigenvalue weighted by molar-refractivity contribution is -0.141. The summed E-state index contributed by atoms with van der Waals surface area (Å²) in [5.41, 5.74) is 0.680. The molecule has 0 spiro atoms. The first-order chi connectivity index (χ1) is 10.9. The molecule has 0 heterocycles. The molecule has 1 aromatic rings. The molecule has 0 saturated heterocycles. The molecular weight excluding hydrogens is 332 g/mol. The Labute approximate surface area is 146 Å². The van der Waals surface area contributed by atoms with Crippen LogP contribution in [0.1, 0.15) is 44.0 Å². The lowest BCUT2D eigenvalue weighted by Crippen LogP contribution is -2.31. The first-order valence-corrected chi connectivity index (χ1v) is 8.66. The van der Waals surface area contributed by atoms with Gasteiger partial charge in [0.25, 0.3) is 0 Å². The van der Waals surface area contributed by atoms with Crippen LogP contribution >= 0.6 is 24.0 Å². The summed E-state index contributed by atoms with van der Waals surface area (Å²) >= 11 is 6.50. The predicted molar refractivity (Wildman–Crippen MR) is 96.9 cm³/mol. The first kappa shape index (κ1) is 19.6. The van der Waals surface area contributed by atoms with Crippen molar-refractivity contribution in [3.63, 3.8) is 0 Å². The van der Waals surface area contributed by atoms with Crippen molar-refractivity contribution in [3.05, 3.63) is 35.9 Å². The Morgan fingerprint density at radius 3 is 2.43 bits per heavy atom. The lowest BCUT2D eigenvalue weighted by atomic mass is 10.00. The molecule has 0 aliphatic carbocycles. The van der Waals surface area contributed by atoms with E-state index in [1.807, 2.05) is 32.0 Å². The van der Waals surface area contributed by atoms with Crippen molar-refractivity contribution < 1.29 is 19.1 Å². The van der Waals surface area contributed by atoms with E-state index in [9.17, 15) is 9.59 Å². The molecule has 0 saturated carbocycles. The molecule has 0 bridgehead atoms. The summed E-state index contributed by atoms with van der Waals surface area (Å²) in [5, 5.41) is 0. The van der Waals surface area contributed by atoms with E-state index in [1.54, 1.807) is 12.1 Å². The minimum absolute atomic E-state index is 0.0579. The van der Waals surface area contributed by atoms with Gasteiger partial charge in [-0.25, -0.2) is 0 Å². The molecule has 0 aliphatic heterocycles. The van der Waals surface area contributed by atoms with Crippen molar-refractivity contribution in [3.8, 4) is 0 Å². The maximum atomic E-state index is 12.3. The number of hydrogen-bond donors (Lipinski definition) is 0. The summed E-state index contributed by atoms with van der Waals surface area (Å²) in [6.45, 7) is 5.81. The van der Waals surface area contributed by atoms with Crippen LogP contribution in [-0.2, 0) is 14.3 Å². The predicted octanol–water partition coefficient (Wildman–Crippen LogP) is 4.03. The maximum absolute atomic E-state index is 12.3. The van der Waals surface area contributed by atoms with Gasteiger partial charge < -0.3 is 9.47 Å². The highest BCUT2D eigenvalue weighted by Crippen LogP contribution is 2.33. The summed E-state index contributed by atoms with van der Waals surface area (Å²) in [6.07, 6.45) is 0.884. The molecule has 1 unspecified atom stereocenters. The van der Waals surface area contributed by atoms with Crippen molar-refractivity contribution >= 4 is 40.1 Å². The Kier molecular flexibility index (Phi) is 8.26. The van der Waals surface area contributed by atoms with Crippen LogP contribution in [0.15, 0.2) is 30.3 Å². The highest BCUT2D eigenvalue weighted by molar-refractivity contribution is 8.23. The third kappa shape index (κ3) is 7.61. The first-order valence-electron chi connectivity index (χ1n) is 7.43. The quantitative estimate of drug-likeness (QED) is 0.399. The number of ether oxygens (including phenoxy) is 2. The van der Waals surface area contributed by atoms with Crippen molar-refractivity contribution in [2.24, 2.45) is 0 Å². The number of thiocarbonyl (C=S) groups is 1. The monoisotopic (exact) mass is 354 g/mol. The summed E-state index contributed by atoms with van der Waals surface area (Å²) in [5.74, 6) is -0.295. The van der Waals surface area contributed by atoms with E-state index in [-0.39, 0.29) is 18.4 Å². The molecule has 0 fully saturated rings. The minimum Gasteiger partial charge on any atom is -0.479 e. The van der Waals surface area contributed by atoms with Gasteiger partial charge >= 0.3 is 5.97 Å². The molecule has 6 heteroatoms. The Morgan fingerprint density at radius 2 is 1.87 bits per heavy atom. The fourth-order valence-corrected chi connectivity index (χ4v) is 3.52. The van der Waals surface area contributed by atoms with E-state index >= 15 is 0 Å². The molecule has 0 amide bonds. The van der Waals surface area contributed by atoms with Gasteiger partial charge in [0, 0.05) is 18.9 Å². The second-order valence-corrected chi connectivity index (χ2v) is 7.49. The van der Waals surface area contributed by atoms with Gasteiger partial charge in [0.05, 0.1) is 11.4 Å². The van der Waals surface area contributed by atoms with Crippen LogP contribution in [0, 0.1) is 0 Å². The maximum Gasteiger partial charge on any atom is 0.302 e. The molecule has 126 valence electrons. The van der Waals surface area contributed by atoms with Crippen LogP contribution in [0.3, 0.4) is 0 Å². The summed E-state index contributed by atoms with van der Waals surface area (Å²) < 4.78 is 10.3. The smallest absolute Gasteiger partial charge is 0.302 e. The average Bonchev–Trinajstić information content (AvgIpc) is 2.52. The number of esters is 1. The van der Waals surface area contributed by atoms with Gasteiger partial charge in [0.15, 0.2) is 5.78 Å². The molecule has 1 aromatic carbocycles. The van der Waals surface area contributed by atoms with Crippen LogP contribution in [-0.4, -0.2) is 34.1 Å². The normalized spacial score (nSPS) is 13.0. The van der Waals surface area contributed by atoms with Gasteiger partial charge in [0.1, 0.15) is 6.61 Å². The Bertz CT molecular complexity index is 545. The Morgan fingerprint density at radius 1 is 1.22 bits per heavy atom. The van der Waals surface area contributed by atoms with Gasteiger partial charge in [-0.2, -0.15) is 0 Å². The highest BCUT2D eigenvalue weighted by Gasteiger charge is 2.30. The van der Waals surface area contributed by atoms with Gasteiger partial charge in [-0.15, -0.1) is 0 Å². The molecule has 0 radical (unpaired) electrons. The minimum atomic E-state index is -0.498. The third-order valence-corrected chi connectivity index (χ3v) is 4.62. The van der Waals surface area contributed by atoms with Crippen molar-refractivity contribution in [1.29, 1.82) is 0 Å². The summed E-state index contributed by atoms with van der Waals surface area (Å²) in [6, 6.07) is 9.14. The molecular formula is C17H22O4S2. The van der Waals surface area contributed by atoms with Crippen LogP contribution < -0.4 is 0 Å². The molecule has 0 N–H and O–H groups in total. The second-order valence-electron chi connectivity index (χ2n) is 5.30. The zero-order valence-corrected chi connectivity index (χ0v) is 15.3. The van der Waals surface area contributed by atoms with Gasteiger partial charge in [-0.05, 0) is 32.5 Å². The number of benzene rings is 1. The largest absolute Gasteiger partial charge is 0.479 e. The molecule has 0 aliphatic rings. The second kappa shape index (κ2) is 9.67. The summed E-state index contributed by atoms with van der Waals surface area (Å²) in [7, 11) is 0. The topological polar surface area (TPSA) is 52.6 Å². The number of rotatable bonds is 8. The summed E-state index contributed by atoms with van der Waals surface area (Å²) in [4.78, 5) is 23.4. The zero-order chi connectivity index (χ0) is 17.3. The molecule has 1 atom stereocenters. The molecule has 4 nitrogen and oxygen atoms in total. The van der Waals surface area contributed by atoms with Crippen molar-refractivity contribution in [2.75, 3.05) is 13.2 Å². The standard InChI is InChI=1S/C17H22O4S2/c1-4-20-16(22)23-17(3,12-21-13(2)18)11-10-15(19)14-8-6-5-7-9-14/h5-9H,4,10-12H2,1-3H3. The van der Waals surface area contributed by atoms with Gasteiger partial charge in [0.2, 0.25) is 4.38 Å². The van der Waals surface area contributed by atoms with Gasteiger partial charge in [-0.1, -0.05) is 42.1 Å². The van der Waals surface area contributed by atoms with Crippen molar-refractivity contribution in [1.82, 2.24) is 0 Å². The molecule has 23 heavy (non-hydrogen) atoms. The highest BCUT2D eigenvalue weighted by atomic mass is 32.2. The van der Waals surface area contributed by atoms with Crippen LogP contribution in [0.5, 0.6) is 0 Å². The van der Waals surface area contributed by atoms with Gasteiger partial charge in [-0.3, -0.25) is 9.59 Å². The Balaban J connectivity index is 2.69. The van der Waals surface area contributed by atoms with E-state index in [0.29, 0.717) is 29.4 Å². The SMILES string of the molecule is CCOC(=S)SC(C)(CCC(=O)c1ccccc1)COC(C)=O. The van der Waals surface area contributed by atoms with Crippen LogP contribution in [0.25, 0.3) is 0 Å². The van der Waals surface area contributed by atoms with E-state index < -0.39 is 4.75 Å². The van der Waals surface area contributed by atoms with E-state index in [0.717, 1.165) is 0 Å². The third-order valence-electron chi connectivity index (χ3n) is 3.15. The number of Topliss-reactive ketones (excluding diaryl/α,β-unsaturated/α-hetero) is 1. The van der Waals surface area contributed by atoms with Crippen LogP contribution in [0.4, 0.5) is 0 Å². The van der Waals surface area contributed by atoms with E-state index in [2.05, 4.69) is 0 Å². The fourth-order valence-electron chi connectivity index (χ4n) is 1.90. The number of ketones is 1. The number of carbonyl (C=O) groups is 2. The van der Waals surface area contributed by atoms with E-state index in [1.165, 1.54) is 18.7 Å². The zero-order valence-electron chi connectivity index (χ0n) is 13.7.